The Kier molecular flexibility index (Phi) is 4.97. The van der Waals surface area contributed by atoms with Crippen LogP contribution in [0.2, 0.25) is 0 Å². The predicted octanol–water partition coefficient (Wildman–Crippen LogP) is 2.79. The highest BCUT2D eigenvalue weighted by Gasteiger charge is 2.04. The summed E-state index contributed by atoms with van der Waals surface area (Å²) in [7, 11) is 2.12. The van der Waals surface area contributed by atoms with Gasteiger partial charge >= 0.3 is 0 Å². The summed E-state index contributed by atoms with van der Waals surface area (Å²) < 4.78 is 0. The highest BCUT2D eigenvalue weighted by molar-refractivity contribution is 7.12. The van der Waals surface area contributed by atoms with Crippen LogP contribution in [0.15, 0.2) is 29.0 Å². The van der Waals surface area contributed by atoms with Gasteiger partial charge in [-0.25, -0.2) is 0 Å². The third kappa shape index (κ3) is 3.97. The second kappa shape index (κ2) is 6.72. The fraction of sp³-hybridized carbons (Fsp3) is 0.286. The van der Waals surface area contributed by atoms with Gasteiger partial charge in [0, 0.05) is 18.0 Å². The minimum Gasteiger partial charge on any atom is -0.384 e. The molecule has 94 valence electrons. The van der Waals surface area contributed by atoms with Crippen LogP contribution in [0.3, 0.4) is 0 Å². The molecular formula is C14H15NOS2. The molecule has 2 rings (SSSR count). The van der Waals surface area contributed by atoms with Crippen LogP contribution in [0.25, 0.3) is 0 Å². The lowest BCUT2D eigenvalue weighted by Gasteiger charge is -2.14. The van der Waals surface area contributed by atoms with E-state index in [1.807, 2.05) is 6.07 Å². The molecular weight excluding hydrogens is 262 g/mol. The molecule has 18 heavy (non-hydrogen) atoms. The van der Waals surface area contributed by atoms with Crippen LogP contribution in [-0.2, 0) is 13.1 Å². The molecule has 0 aliphatic rings. The SMILES string of the molecule is CN(Cc1ccsc1)Cc1ccc(C#CCO)s1. The molecule has 0 saturated carbocycles. The third-order valence-electron chi connectivity index (χ3n) is 2.41. The number of nitrogens with zero attached hydrogens (tertiary/aromatic N) is 1. The maximum absolute atomic E-state index is 8.65. The molecule has 0 atom stereocenters. The summed E-state index contributed by atoms with van der Waals surface area (Å²) >= 11 is 3.43. The predicted molar refractivity (Wildman–Crippen MR) is 77.8 cm³/mol. The molecule has 1 N–H and O–H groups in total. The number of aliphatic hydroxyl groups is 1. The van der Waals surface area contributed by atoms with Gasteiger partial charge in [0.2, 0.25) is 0 Å². The molecule has 0 aliphatic heterocycles. The highest BCUT2D eigenvalue weighted by atomic mass is 32.1. The van der Waals surface area contributed by atoms with Gasteiger partial charge in [0.15, 0.2) is 0 Å². The molecule has 0 bridgehead atoms. The van der Waals surface area contributed by atoms with E-state index in [2.05, 4.69) is 46.7 Å². The Hall–Kier alpha value is -1.12. The van der Waals surface area contributed by atoms with Crippen molar-refractivity contribution >= 4 is 22.7 Å². The zero-order valence-electron chi connectivity index (χ0n) is 10.2. The van der Waals surface area contributed by atoms with E-state index in [1.54, 1.807) is 22.7 Å². The summed E-state index contributed by atoms with van der Waals surface area (Å²) in [5.74, 6) is 5.61. The Bertz CT molecular complexity index is 534. The summed E-state index contributed by atoms with van der Waals surface area (Å²) in [6, 6.07) is 6.28. The number of hydrogen-bond donors (Lipinski definition) is 1. The minimum absolute atomic E-state index is 0.0781. The lowest BCUT2D eigenvalue weighted by Crippen LogP contribution is -2.15. The summed E-state index contributed by atoms with van der Waals surface area (Å²) in [6.45, 7) is 1.83. The maximum Gasteiger partial charge on any atom is 0.104 e. The molecule has 2 aromatic rings. The van der Waals surface area contributed by atoms with Crippen molar-refractivity contribution in [2.24, 2.45) is 0 Å². The van der Waals surface area contributed by atoms with Crippen molar-refractivity contribution in [2.45, 2.75) is 13.1 Å². The van der Waals surface area contributed by atoms with E-state index in [0.29, 0.717) is 0 Å². The minimum atomic E-state index is -0.0781. The summed E-state index contributed by atoms with van der Waals surface area (Å²) in [5, 5.41) is 12.9. The summed E-state index contributed by atoms with van der Waals surface area (Å²) in [4.78, 5) is 4.61. The first-order chi connectivity index (χ1) is 8.78. The number of aliphatic hydroxyl groups excluding tert-OH is 1. The Morgan fingerprint density at radius 2 is 2.17 bits per heavy atom. The number of rotatable bonds is 4. The topological polar surface area (TPSA) is 23.5 Å². The van der Waals surface area contributed by atoms with Crippen molar-refractivity contribution in [2.75, 3.05) is 13.7 Å². The van der Waals surface area contributed by atoms with Crippen LogP contribution in [0.1, 0.15) is 15.3 Å². The first kappa shape index (κ1) is 13.3. The van der Waals surface area contributed by atoms with E-state index in [9.17, 15) is 0 Å². The lowest BCUT2D eigenvalue weighted by molar-refractivity contribution is 0.322. The van der Waals surface area contributed by atoms with Crippen molar-refractivity contribution in [3.8, 4) is 11.8 Å². The van der Waals surface area contributed by atoms with Crippen LogP contribution < -0.4 is 0 Å². The van der Waals surface area contributed by atoms with Crippen LogP contribution in [0.5, 0.6) is 0 Å². The zero-order chi connectivity index (χ0) is 12.8. The van der Waals surface area contributed by atoms with Gasteiger partial charge in [-0.3, -0.25) is 4.90 Å². The quantitative estimate of drug-likeness (QED) is 0.869. The molecule has 0 spiro atoms. The molecule has 4 heteroatoms. The molecule has 0 saturated heterocycles. The molecule has 0 fully saturated rings. The van der Waals surface area contributed by atoms with E-state index >= 15 is 0 Å². The third-order valence-corrected chi connectivity index (χ3v) is 4.13. The van der Waals surface area contributed by atoms with Crippen molar-refractivity contribution < 1.29 is 5.11 Å². The van der Waals surface area contributed by atoms with Gasteiger partial charge in [0.25, 0.3) is 0 Å². The second-order valence-electron chi connectivity index (χ2n) is 4.03. The fourth-order valence-corrected chi connectivity index (χ4v) is 3.30. The molecule has 0 radical (unpaired) electrons. The van der Waals surface area contributed by atoms with Gasteiger partial charge < -0.3 is 5.11 Å². The van der Waals surface area contributed by atoms with Crippen LogP contribution in [0, 0.1) is 11.8 Å². The van der Waals surface area contributed by atoms with Crippen molar-refractivity contribution in [1.29, 1.82) is 0 Å². The molecule has 2 nitrogen and oxygen atoms in total. The summed E-state index contributed by atoms with van der Waals surface area (Å²) in [6.07, 6.45) is 0. The van der Waals surface area contributed by atoms with Gasteiger partial charge in [-0.2, -0.15) is 11.3 Å². The van der Waals surface area contributed by atoms with E-state index in [1.165, 1.54) is 10.4 Å². The van der Waals surface area contributed by atoms with E-state index in [4.69, 9.17) is 5.11 Å². The van der Waals surface area contributed by atoms with Crippen molar-refractivity contribution in [3.05, 3.63) is 44.3 Å². The summed E-state index contributed by atoms with van der Waals surface area (Å²) in [5.41, 5.74) is 1.36. The number of thiophene rings is 2. The fourth-order valence-electron chi connectivity index (χ4n) is 1.67. The van der Waals surface area contributed by atoms with Gasteiger partial charge in [0.1, 0.15) is 6.61 Å². The number of hydrogen-bond acceptors (Lipinski definition) is 4. The highest BCUT2D eigenvalue weighted by Crippen LogP contribution is 2.18. The second-order valence-corrected chi connectivity index (χ2v) is 5.98. The molecule has 0 amide bonds. The standard InChI is InChI=1S/C14H15NOS2/c1-15(9-12-6-8-17-11-12)10-14-5-4-13(18-14)3-2-7-16/h4-6,8,11,16H,7,9-10H2,1H3. The zero-order valence-corrected chi connectivity index (χ0v) is 11.9. The van der Waals surface area contributed by atoms with Crippen LogP contribution in [-0.4, -0.2) is 23.7 Å². The Labute approximate surface area is 116 Å². The lowest BCUT2D eigenvalue weighted by atomic mass is 10.3. The Morgan fingerprint density at radius 1 is 1.28 bits per heavy atom. The normalized spacial score (nSPS) is 10.4. The van der Waals surface area contributed by atoms with E-state index < -0.39 is 0 Å². The Balaban J connectivity index is 1.90. The molecule has 2 heterocycles. The average Bonchev–Trinajstić information content (AvgIpc) is 2.98. The molecule has 0 aliphatic carbocycles. The van der Waals surface area contributed by atoms with Crippen LogP contribution in [0.4, 0.5) is 0 Å². The molecule has 0 aromatic carbocycles. The van der Waals surface area contributed by atoms with Gasteiger partial charge in [-0.1, -0.05) is 11.8 Å². The van der Waals surface area contributed by atoms with E-state index in [-0.39, 0.29) is 6.61 Å². The first-order valence-electron chi connectivity index (χ1n) is 5.66. The van der Waals surface area contributed by atoms with Crippen molar-refractivity contribution in [3.63, 3.8) is 0 Å². The van der Waals surface area contributed by atoms with E-state index in [0.717, 1.165) is 18.0 Å². The van der Waals surface area contributed by atoms with Crippen LogP contribution >= 0.6 is 22.7 Å². The monoisotopic (exact) mass is 277 g/mol. The molecule has 0 unspecified atom stereocenters. The van der Waals surface area contributed by atoms with Gasteiger partial charge in [0.05, 0.1) is 4.88 Å². The smallest absolute Gasteiger partial charge is 0.104 e. The van der Waals surface area contributed by atoms with Gasteiger partial charge in [-0.05, 0) is 41.6 Å². The van der Waals surface area contributed by atoms with Gasteiger partial charge in [-0.15, -0.1) is 11.3 Å². The maximum atomic E-state index is 8.65. The Morgan fingerprint density at radius 3 is 2.89 bits per heavy atom. The first-order valence-corrected chi connectivity index (χ1v) is 7.42. The average molecular weight is 277 g/mol. The largest absolute Gasteiger partial charge is 0.384 e. The van der Waals surface area contributed by atoms with Crippen molar-refractivity contribution in [1.82, 2.24) is 4.90 Å². The molecule has 2 aromatic heterocycles.